The lowest BCUT2D eigenvalue weighted by atomic mass is 9.85. The van der Waals surface area contributed by atoms with Crippen LogP contribution in [0.3, 0.4) is 0 Å². The van der Waals surface area contributed by atoms with Gasteiger partial charge in [0, 0.05) is 18.2 Å². The van der Waals surface area contributed by atoms with E-state index in [1.165, 1.54) is 18.4 Å². The van der Waals surface area contributed by atoms with E-state index in [1.807, 2.05) is 31.2 Å². The lowest BCUT2D eigenvalue weighted by Gasteiger charge is -2.32. The molecule has 5 heteroatoms. The first kappa shape index (κ1) is 16.3. The molecule has 0 bridgehead atoms. The number of carboxylic acids is 1. The Hall–Kier alpha value is -2.14. The van der Waals surface area contributed by atoms with E-state index in [4.69, 9.17) is 4.42 Å². The van der Waals surface area contributed by atoms with Crippen LogP contribution < -0.4 is 0 Å². The average Bonchev–Trinajstić information content (AvgIpc) is 3.21. The number of likely N-dealkylation sites (tertiary alicyclic amines) is 1. The maximum absolute atomic E-state index is 11.7. The minimum absolute atomic E-state index is 0.370. The fourth-order valence-electron chi connectivity index (χ4n) is 4.42. The van der Waals surface area contributed by atoms with Crippen LogP contribution in [0.25, 0.3) is 11.5 Å². The second kappa shape index (κ2) is 6.64. The van der Waals surface area contributed by atoms with Crippen molar-refractivity contribution in [3.05, 3.63) is 41.8 Å². The van der Waals surface area contributed by atoms with Crippen LogP contribution in [0.1, 0.15) is 43.4 Å². The van der Waals surface area contributed by atoms with Crippen molar-refractivity contribution in [2.75, 3.05) is 0 Å². The molecule has 0 spiro atoms. The fourth-order valence-corrected chi connectivity index (χ4v) is 4.42. The second-order valence-corrected chi connectivity index (χ2v) is 7.38. The van der Waals surface area contributed by atoms with Gasteiger partial charge in [-0.3, -0.25) is 9.69 Å². The molecule has 1 aliphatic carbocycles. The van der Waals surface area contributed by atoms with Gasteiger partial charge in [0.1, 0.15) is 12.3 Å². The largest absolute Gasteiger partial charge is 0.480 e. The number of hydrogen-bond donors (Lipinski definition) is 1. The van der Waals surface area contributed by atoms with Gasteiger partial charge in [0.25, 0.3) is 0 Å². The number of rotatable bonds is 4. The monoisotopic (exact) mass is 340 g/mol. The lowest BCUT2D eigenvalue weighted by Crippen LogP contribution is -2.41. The minimum atomic E-state index is -0.711. The second-order valence-electron chi connectivity index (χ2n) is 7.38. The maximum Gasteiger partial charge on any atom is 0.320 e. The zero-order valence-electron chi connectivity index (χ0n) is 14.5. The van der Waals surface area contributed by atoms with Crippen LogP contribution in [0, 0.1) is 12.8 Å². The number of nitrogens with zero attached hydrogens (tertiary/aromatic N) is 2. The molecule has 2 aromatic rings. The van der Waals surface area contributed by atoms with Gasteiger partial charge < -0.3 is 9.52 Å². The number of aliphatic carboxylic acids is 1. The molecule has 1 saturated carbocycles. The number of carboxylic acid groups (broad SMARTS) is 1. The maximum atomic E-state index is 11.7. The molecule has 0 amide bonds. The van der Waals surface area contributed by atoms with Crippen LogP contribution in [0.2, 0.25) is 0 Å². The SMILES string of the molecule is Cc1ccc(-c2nc(CN3[C@@H]4CCCC[C@H]4C[C@H]3C(=O)O)co2)cc1. The van der Waals surface area contributed by atoms with Crippen molar-refractivity contribution in [1.82, 2.24) is 9.88 Å². The Kier molecular flexibility index (Phi) is 4.34. The van der Waals surface area contributed by atoms with Crippen LogP contribution in [0.15, 0.2) is 34.9 Å². The molecule has 132 valence electrons. The van der Waals surface area contributed by atoms with E-state index in [2.05, 4.69) is 9.88 Å². The first-order valence-corrected chi connectivity index (χ1v) is 9.12. The number of aromatic nitrogens is 1. The molecule has 1 aromatic heterocycles. The van der Waals surface area contributed by atoms with Gasteiger partial charge in [-0.25, -0.2) is 4.98 Å². The van der Waals surface area contributed by atoms with Gasteiger partial charge in [-0.2, -0.15) is 0 Å². The van der Waals surface area contributed by atoms with Crippen molar-refractivity contribution in [3.63, 3.8) is 0 Å². The van der Waals surface area contributed by atoms with Crippen LogP contribution in [-0.2, 0) is 11.3 Å². The average molecular weight is 340 g/mol. The third kappa shape index (κ3) is 3.21. The summed E-state index contributed by atoms with van der Waals surface area (Å²) in [6.07, 6.45) is 7.10. The van der Waals surface area contributed by atoms with E-state index >= 15 is 0 Å². The highest BCUT2D eigenvalue weighted by atomic mass is 16.4. The summed E-state index contributed by atoms with van der Waals surface area (Å²) in [6.45, 7) is 2.60. The minimum Gasteiger partial charge on any atom is -0.480 e. The summed E-state index contributed by atoms with van der Waals surface area (Å²) in [5.74, 6) is 0.399. The number of fused-ring (bicyclic) bond motifs is 1. The van der Waals surface area contributed by atoms with Crippen molar-refractivity contribution in [2.24, 2.45) is 5.92 Å². The van der Waals surface area contributed by atoms with Crippen LogP contribution in [-0.4, -0.2) is 33.0 Å². The highest BCUT2D eigenvalue weighted by molar-refractivity contribution is 5.74. The molecule has 4 rings (SSSR count). The Morgan fingerprint density at radius 3 is 2.80 bits per heavy atom. The third-order valence-electron chi connectivity index (χ3n) is 5.70. The van der Waals surface area contributed by atoms with E-state index in [0.29, 0.717) is 24.4 Å². The first-order valence-electron chi connectivity index (χ1n) is 9.12. The Morgan fingerprint density at radius 1 is 1.28 bits per heavy atom. The molecule has 5 nitrogen and oxygen atoms in total. The summed E-state index contributed by atoms with van der Waals surface area (Å²) in [5, 5.41) is 9.63. The first-order chi connectivity index (χ1) is 12.1. The molecule has 2 heterocycles. The molecule has 2 fully saturated rings. The molecule has 0 unspecified atom stereocenters. The molecular weight excluding hydrogens is 316 g/mol. The van der Waals surface area contributed by atoms with Crippen molar-refractivity contribution >= 4 is 5.97 Å². The van der Waals surface area contributed by atoms with E-state index in [-0.39, 0.29) is 0 Å². The predicted molar refractivity (Wildman–Crippen MR) is 94.0 cm³/mol. The topological polar surface area (TPSA) is 66.6 Å². The summed E-state index contributed by atoms with van der Waals surface area (Å²) < 4.78 is 5.65. The Bertz CT molecular complexity index is 753. The summed E-state index contributed by atoms with van der Waals surface area (Å²) in [7, 11) is 0. The van der Waals surface area contributed by atoms with Crippen molar-refractivity contribution in [2.45, 2.75) is 57.7 Å². The van der Waals surface area contributed by atoms with Crippen molar-refractivity contribution in [1.29, 1.82) is 0 Å². The van der Waals surface area contributed by atoms with Gasteiger partial charge in [-0.1, -0.05) is 30.5 Å². The van der Waals surface area contributed by atoms with Crippen LogP contribution in [0.4, 0.5) is 0 Å². The molecule has 1 aliphatic heterocycles. The molecule has 3 atom stereocenters. The Morgan fingerprint density at radius 2 is 2.04 bits per heavy atom. The third-order valence-corrected chi connectivity index (χ3v) is 5.70. The summed E-state index contributed by atoms with van der Waals surface area (Å²) in [4.78, 5) is 18.5. The molecule has 1 saturated heterocycles. The van der Waals surface area contributed by atoms with Gasteiger partial charge in [0.2, 0.25) is 5.89 Å². The standard InChI is InChI=1S/C20H24N2O3/c1-13-6-8-14(9-7-13)19-21-16(12-25-19)11-22-17-5-3-2-4-15(17)10-18(22)20(23)24/h6-9,12,15,17-18H,2-5,10-11H2,1H3,(H,23,24)/t15-,17+,18-/m0/s1. The smallest absolute Gasteiger partial charge is 0.320 e. The highest BCUT2D eigenvalue weighted by Gasteiger charge is 2.45. The Labute approximate surface area is 147 Å². The van der Waals surface area contributed by atoms with Crippen LogP contribution >= 0.6 is 0 Å². The normalized spacial score (nSPS) is 26.5. The van der Waals surface area contributed by atoms with Gasteiger partial charge >= 0.3 is 5.97 Å². The van der Waals surface area contributed by atoms with Gasteiger partial charge in [0.15, 0.2) is 0 Å². The number of benzene rings is 1. The molecule has 0 radical (unpaired) electrons. The highest BCUT2D eigenvalue weighted by Crippen LogP contribution is 2.40. The number of hydrogen-bond acceptors (Lipinski definition) is 4. The number of aryl methyl sites for hydroxylation is 1. The number of carbonyl (C=O) groups is 1. The van der Waals surface area contributed by atoms with Gasteiger partial charge in [-0.15, -0.1) is 0 Å². The molecular formula is C20H24N2O3. The molecule has 25 heavy (non-hydrogen) atoms. The molecule has 1 aromatic carbocycles. The van der Waals surface area contributed by atoms with Gasteiger partial charge in [-0.05, 0) is 44.2 Å². The molecule has 1 N–H and O–H groups in total. The van der Waals surface area contributed by atoms with E-state index in [9.17, 15) is 9.90 Å². The van der Waals surface area contributed by atoms with Crippen LogP contribution in [0.5, 0.6) is 0 Å². The Balaban J connectivity index is 1.54. The quantitative estimate of drug-likeness (QED) is 0.915. The van der Waals surface area contributed by atoms with E-state index < -0.39 is 12.0 Å². The zero-order valence-corrected chi connectivity index (χ0v) is 14.5. The fraction of sp³-hybridized carbons (Fsp3) is 0.500. The lowest BCUT2D eigenvalue weighted by molar-refractivity contribution is -0.142. The van der Waals surface area contributed by atoms with E-state index in [1.54, 1.807) is 6.26 Å². The predicted octanol–water partition coefficient (Wildman–Crippen LogP) is 3.87. The summed E-state index contributed by atoms with van der Waals surface area (Å²) >= 11 is 0. The van der Waals surface area contributed by atoms with Crippen molar-refractivity contribution in [3.8, 4) is 11.5 Å². The summed E-state index contributed by atoms with van der Waals surface area (Å²) in [6, 6.07) is 8.04. The van der Waals surface area contributed by atoms with Crippen molar-refractivity contribution < 1.29 is 14.3 Å². The molecule has 2 aliphatic rings. The van der Waals surface area contributed by atoms with Gasteiger partial charge in [0.05, 0.1) is 5.69 Å². The number of oxazole rings is 1. The zero-order chi connectivity index (χ0) is 17.4. The summed E-state index contributed by atoms with van der Waals surface area (Å²) in [5.41, 5.74) is 2.96. The van der Waals surface area contributed by atoms with E-state index in [0.717, 1.165) is 30.5 Å².